The van der Waals surface area contributed by atoms with E-state index in [1.807, 2.05) is 35.7 Å². The topological polar surface area (TPSA) is 49.4 Å². The van der Waals surface area contributed by atoms with Crippen LogP contribution in [0.3, 0.4) is 0 Å². The van der Waals surface area contributed by atoms with E-state index in [1.54, 1.807) is 30.5 Å². The number of aryl methyl sites for hydroxylation is 1. The average Bonchev–Trinajstić information content (AvgIpc) is 3.26. The van der Waals surface area contributed by atoms with Crippen LogP contribution in [0.15, 0.2) is 72.1 Å². The Morgan fingerprint density at radius 3 is 2.32 bits per heavy atom. The molecule has 2 amide bonds. The average molecular weight is 393 g/mol. The Kier molecular flexibility index (Phi) is 6.61. The fraction of sp³-hybridized carbons (Fsp3) is 0.217. The van der Waals surface area contributed by atoms with Gasteiger partial charge in [0.1, 0.15) is 0 Å². The Hall–Kier alpha value is -2.92. The molecule has 144 valence electrons. The number of nitrogens with one attached hydrogen (secondary N) is 1. The first-order valence-corrected chi connectivity index (χ1v) is 10.2. The number of hydrogen-bond acceptors (Lipinski definition) is 3. The fourth-order valence-electron chi connectivity index (χ4n) is 3.02. The van der Waals surface area contributed by atoms with Crippen LogP contribution in [0.1, 0.15) is 39.3 Å². The summed E-state index contributed by atoms with van der Waals surface area (Å²) in [5, 5.41) is 5.09. The number of thiophene rings is 1. The molecule has 0 bridgehead atoms. The molecule has 0 saturated heterocycles. The van der Waals surface area contributed by atoms with E-state index in [-0.39, 0.29) is 24.4 Å². The number of benzene rings is 2. The monoisotopic (exact) mass is 392 g/mol. The maximum Gasteiger partial charge on any atom is 0.254 e. The quantitative estimate of drug-likeness (QED) is 0.652. The molecular weight excluding hydrogens is 368 g/mol. The number of rotatable bonds is 7. The van der Waals surface area contributed by atoms with E-state index < -0.39 is 0 Å². The van der Waals surface area contributed by atoms with Gasteiger partial charge in [-0.15, -0.1) is 11.3 Å². The normalized spacial score (nSPS) is 11.6. The molecule has 4 nitrogen and oxygen atoms in total. The zero-order valence-electron chi connectivity index (χ0n) is 16.1. The first kappa shape index (κ1) is 19.8. The highest BCUT2D eigenvalue weighted by Crippen LogP contribution is 2.26. The third-order valence-electron chi connectivity index (χ3n) is 4.60. The van der Waals surface area contributed by atoms with Gasteiger partial charge in [0.25, 0.3) is 5.91 Å². The maximum absolute atomic E-state index is 12.7. The largest absolute Gasteiger partial charge is 0.343 e. The van der Waals surface area contributed by atoms with Crippen molar-refractivity contribution in [3.8, 4) is 0 Å². The molecule has 0 aliphatic carbocycles. The summed E-state index contributed by atoms with van der Waals surface area (Å²) in [6, 6.07) is 21.1. The number of hydrogen-bond donors (Lipinski definition) is 1. The van der Waals surface area contributed by atoms with Crippen LogP contribution in [0, 0.1) is 0 Å². The van der Waals surface area contributed by atoms with Gasteiger partial charge in [-0.2, -0.15) is 0 Å². The van der Waals surface area contributed by atoms with Crippen LogP contribution in [0.4, 0.5) is 0 Å². The Bertz CT molecular complexity index is 906. The summed E-state index contributed by atoms with van der Waals surface area (Å²) in [7, 11) is 1.64. The minimum Gasteiger partial charge on any atom is -0.343 e. The summed E-state index contributed by atoms with van der Waals surface area (Å²) in [5.41, 5.74) is 2.86. The maximum atomic E-state index is 12.7. The fourth-order valence-corrected chi connectivity index (χ4v) is 3.82. The van der Waals surface area contributed by atoms with Crippen LogP contribution < -0.4 is 5.32 Å². The van der Waals surface area contributed by atoms with Crippen LogP contribution in [-0.4, -0.2) is 30.3 Å². The number of amides is 2. The van der Waals surface area contributed by atoms with Gasteiger partial charge >= 0.3 is 0 Å². The first-order valence-electron chi connectivity index (χ1n) is 9.30. The third-order valence-corrected chi connectivity index (χ3v) is 5.54. The molecular formula is C23H24N2O2S. The smallest absolute Gasteiger partial charge is 0.254 e. The summed E-state index contributed by atoms with van der Waals surface area (Å²) < 4.78 is 0. The van der Waals surface area contributed by atoms with Gasteiger partial charge in [0.15, 0.2) is 0 Å². The second-order valence-electron chi connectivity index (χ2n) is 6.64. The van der Waals surface area contributed by atoms with Gasteiger partial charge in [0.2, 0.25) is 5.91 Å². The van der Waals surface area contributed by atoms with E-state index in [0.29, 0.717) is 5.56 Å². The van der Waals surface area contributed by atoms with Crippen molar-refractivity contribution in [2.75, 3.05) is 13.6 Å². The van der Waals surface area contributed by atoms with E-state index in [9.17, 15) is 9.59 Å². The van der Waals surface area contributed by atoms with E-state index in [4.69, 9.17) is 0 Å². The summed E-state index contributed by atoms with van der Waals surface area (Å²) in [6.07, 6.45) is 0.975. The SMILES string of the molecule is CCc1ccc([C@@H](NC(=O)CN(C)C(=O)c2ccccc2)c2cccs2)cc1. The molecule has 2 aromatic carbocycles. The lowest BCUT2D eigenvalue weighted by molar-refractivity contribution is -0.122. The Morgan fingerprint density at radius 2 is 1.71 bits per heavy atom. The van der Waals surface area contributed by atoms with Crippen molar-refractivity contribution in [2.45, 2.75) is 19.4 Å². The van der Waals surface area contributed by atoms with Crippen LogP contribution in [0.5, 0.6) is 0 Å². The molecule has 0 fully saturated rings. The molecule has 0 saturated carbocycles. The highest BCUT2D eigenvalue weighted by atomic mass is 32.1. The van der Waals surface area contributed by atoms with Crippen molar-refractivity contribution in [3.05, 3.63) is 93.7 Å². The lowest BCUT2D eigenvalue weighted by atomic mass is 10.0. The molecule has 0 aliphatic rings. The first-order chi connectivity index (χ1) is 13.6. The molecule has 0 unspecified atom stereocenters. The molecule has 1 atom stereocenters. The minimum absolute atomic E-state index is 0.00263. The van der Waals surface area contributed by atoms with Crippen molar-refractivity contribution in [1.29, 1.82) is 0 Å². The molecule has 5 heteroatoms. The van der Waals surface area contributed by atoms with E-state index >= 15 is 0 Å². The number of carbonyl (C=O) groups is 2. The lowest BCUT2D eigenvalue weighted by Gasteiger charge is -2.21. The van der Waals surface area contributed by atoms with E-state index in [1.165, 1.54) is 10.5 Å². The Balaban J connectivity index is 1.71. The number of nitrogens with zero attached hydrogens (tertiary/aromatic N) is 1. The van der Waals surface area contributed by atoms with Gasteiger partial charge in [-0.3, -0.25) is 9.59 Å². The standard InChI is InChI=1S/C23H24N2O2S/c1-3-17-11-13-18(14-12-17)22(20-10-7-15-28-20)24-21(26)16-25(2)23(27)19-8-5-4-6-9-19/h4-15,22H,3,16H2,1-2H3,(H,24,26)/t22-/m1/s1. The van der Waals surface area contributed by atoms with Gasteiger partial charge in [0.05, 0.1) is 12.6 Å². The van der Waals surface area contributed by atoms with Crippen molar-refractivity contribution >= 4 is 23.2 Å². The van der Waals surface area contributed by atoms with Gasteiger partial charge in [-0.05, 0) is 41.1 Å². The van der Waals surface area contributed by atoms with Gasteiger partial charge in [-0.25, -0.2) is 0 Å². The predicted molar refractivity (Wildman–Crippen MR) is 114 cm³/mol. The minimum atomic E-state index is -0.223. The second-order valence-corrected chi connectivity index (χ2v) is 7.62. The second kappa shape index (κ2) is 9.33. The molecule has 1 heterocycles. The van der Waals surface area contributed by atoms with Crippen molar-refractivity contribution in [1.82, 2.24) is 10.2 Å². The summed E-state index contributed by atoms with van der Waals surface area (Å²) in [5.74, 6) is -0.361. The van der Waals surface area contributed by atoms with Crippen molar-refractivity contribution in [3.63, 3.8) is 0 Å². The van der Waals surface area contributed by atoms with Gasteiger partial charge in [-0.1, -0.05) is 55.5 Å². The van der Waals surface area contributed by atoms with Gasteiger partial charge < -0.3 is 10.2 Å². The molecule has 1 aromatic heterocycles. The highest BCUT2D eigenvalue weighted by molar-refractivity contribution is 7.10. The van der Waals surface area contributed by atoms with Gasteiger partial charge in [0, 0.05) is 17.5 Å². The zero-order valence-corrected chi connectivity index (χ0v) is 16.9. The lowest BCUT2D eigenvalue weighted by Crippen LogP contribution is -2.40. The molecule has 3 rings (SSSR count). The van der Waals surface area contributed by atoms with Crippen LogP contribution in [-0.2, 0) is 11.2 Å². The Morgan fingerprint density at radius 1 is 1.00 bits per heavy atom. The molecule has 0 radical (unpaired) electrons. The Labute approximate surface area is 169 Å². The number of carbonyl (C=O) groups excluding carboxylic acids is 2. The summed E-state index contributed by atoms with van der Waals surface area (Å²) in [4.78, 5) is 27.7. The molecule has 0 aliphatic heterocycles. The number of likely N-dealkylation sites (N-methyl/N-ethyl adjacent to an activating group) is 1. The van der Waals surface area contributed by atoms with Crippen LogP contribution in [0.25, 0.3) is 0 Å². The third kappa shape index (κ3) is 4.87. The summed E-state index contributed by atoms with van der Waals surface area (Å²) >= 11 is 1.60. The molecule has 3 aromatic rings. The zero-order chi connectivity index (χ0) is 19.9. The molecule has 28 heavy (non-hydrogen) atoms. The molecule has 1 N–H and O–H groups in total. The predicted octanol–water partition coefficient (Wildman–Crippen LogP) is 4.29. The van der Waals surface area contributed by atoms with E-state index in [2.05, 4.69) is 36.5 Å². The van der Waals surface area contributed by atoms with Crippen LogP contribution >= 0.6 is 11.3 Å². The van der Waals surface area contributed by atoms with Crippen molar-refractivity contribution in [2.24, 2.45) is 0 Å². The summed E-state index contributed by atoms with van der Waals surface area (Å²) in [6.45, 7) is 2.12. The highest BCUT2D eigenvalue weighted by Gasteiger charge is 2.20. The molecule has 0 spiro atoms. The van der Waals surface area contributed by atoms with Crippen molar-refractivity contribution < 1.29 is 9.59 Å². The van der Waals surface area contributed by atoms with E-state index in [0.717, 1.165) is 16.9 Å². The van der Waals surface area contributed by atoms with Crippen LogP contribution in [0.2, 0.25) is 0 Å².